The van der Waals surface area contributed by atoms with Crippen molar-refractivity contribution in [2.24, 2.45) is 5.92 Å². The molecule has 0 N–H and O–H groups in total. The number of hydrogen-bond donors (Lipinski definition) is 0. The Kier molecular flexibility index (Phi) is 4.46. The highest BCUT2D eigenvalue weighted by Gasteiger charge is 2.40. The molecule has 2 aromatic rings. The molecule has 1 atom stereocenters. The lowest BCUT2D eigenvalue weighted by Crippen LogP contribution is -2.29. The van der Waals surface area contributed by atoms with E-state index < -0.39 is 5.41 Å². The number of aromatic nitrogens is 2. The van der Waals surface area contributed by atoms with Gasteiger partial charge >= 0.3 is 5.97 Å². The third-order valence-corrected chi connectivity index (χ3v) is 4.28. The third kappa shape index (κ3) is 4.18. The second-order valence-electron chi connectivity index (χ2n) is 6.67. The Morgan fingerprint density at radius 3 is 2.70 bits per heavy atom. The van der Waals surface area contributed by atoms with Crippen molar-refractivity contribution in [3.8, 4) is 0 Å². The number of esters is 1. The Labute approximate surface area is 136 Å². The molecular formula is C18H22N2O3. The molecule has 5 heteroatoms. The first-order chi connectivity index (χ1) is 11.0. The Hall–Kier alpha value is -2.17. The number of ether oxygens (including phenoxy) is 1. The fraction of sp³-hybridized carbons (Fsp3) is 0.500. The lowest BCUT2D eigenvalue weighted by molar-refractivity contribution is -0.146. The normalized spacial score (nSPS) is 16.8. The maximum absolute atomic E-state index is 12.3. The molecule has 0 radical (unpaired) electrons. The van der Waals surface area contributed by atoms with Crippen LogP contribution in [0.5, 0.6) is 0 Å². The molecule has 1 heterocycles. The summed E-state index contributed by atoms with van der Waals surface area (Å²) >= 11 is 0. The highest BCUT2D eigenvalue weighted by atomic mass is 16.5. The molecule has 1 aromatic heterocycles. The second-order valence-corrected chi connectivity index (χ2v) is 6.67. The van der Waals surface area contributed by atoms with Gasteiger partial charge in [-0.05, 0) is 17.9 Å². The summed E-state index contributed by atoms with van der Waals surface area (Å²) < 4.78 is 10.5. The van der Waals surface area contributed by atoms with E-state index in [9.17, 15) is 4.79 Å². The third-order valence-electron chi connectivity index (χ3n) is 4.28. The Balaban J connectivity index is 1.64. The van der Waals surface area contributed by atoms with Crippen LogP contribution in [0.1, 0.15) is 49.9 Å². The first-order valence-corrected chi connectivity index (χ1v) is 8.05. The van der Waals surface area contributed by atoms with Gasteiger partial charge in [0.05, 0.1) is 6.42 Å². The van der Waals surface area contributed by atoms with Gasteiger partial charge in [0.15, 0.2) is 5.82 Å². The van der Waals surface area contributed by atoms with E-state index in [1.54, 1.807) is 6.92 Å². The van der Waals surface area contributed by atoms with Crippen molar-refractivity contribution >= 4 is 5.97 Å². The molecule has 0 aliphatic heterocycles. The average Bonchev–Trinajstić information content (AvgIpc) is 3.22. The summed E-state index contributed by atoms with van der Waals surface area (Å²) in [5.41, 5.74) is 0.562. The van der Waals surface area contributed by atoms with Crippen LogP contribution in [0, 0.1) is 12.8 Å². The molecular weight excluding hydrogens is 292 g/mol. The van der Waals surface area contributed by atoms with Crippen molar-refractivity contribution in [3.63, 3.8) is 0 Å². The van der Waals surface area contributed by atoms with Crippen LogP contribution in [0.3, 0.4) is 0 Å². The van der Waals surface area contributed by atoms with Gasteiger partial charge in [0.2, 0.25) is 5.89 Å². The molecule has 0 bridgehead atoms. The van der Waals surface area contributed by atoms with Crippen LogP contribution in [0.15, 0.2) is 34.9 Å². The van der Waals surface area contributed by atoms with Crippen molar-refractivity contribution in [2.75, 3.05) is 0 Å². The number of hydrogen-bond acceptors (Lipinski definition) is 5. The molecule has 1 saturated carbocycles. The molecule has 1 aromatic carbocycles. The van der Waals surface area contributed by atoms with Crippen LogP contribution < -0.4 is 0 Å². The molecule has 5 nitrogen and oxygen atoms in total. The van der Waals surface area contributed by atoms with Crippen molar-refractivity contribution in [3.05, 3.63) is 47.6 Å². The van der Waals surface area contributed by atoms with Crippen molar-refractivity contribution < 1.29 is 14.1 Å². The molecule has 1 unspecified atom stereocenters. The quantitative estimate of drug-likeness (QED) is 0.731. The predicted molar refractivity (Wildman–Crippen MR) is 84.6 cm³/mol. The van der Waals surface area contributed by atoms with Crippen molar-refractivity contribution in [2.45, 2.75) is 51.6 Å². The molecule has 122 valence electrons. The number of carbonyl (C=O) groups is 1. The van der Waals surface area contributed by atoms with Gasteiger partial charge in [0, 0.05) is 12.3 Å². The molecule has 23 heavy (non-hydrogen) atoms. The van der Waals surface area contributed by atoms with E-state index in [1.807, 2.05) is 37.3 Å². The minimum atomic E-state index is -0.424. The maximum Gasteiger partial charge on any atom is 0.307 e. The molecule has 1 fully saturated rings. The summed E-state index contributed by atoms with van der Waals surface area (Å²) in [6.45, 7) is 4.09. The number of benzene rings is 1. The summed E-state index contributed by atoms with van der Waals surface area (Å²) in [6.07, 6.45) is 3.60. The Morgan fingerprint density at radius 2 is 2.09 bits per heavy atom. The molecule has 0 spiro atoms. The standard InChI is InChI=1S/C18H22N2O3/c1-13-19-17(20-23-13)18(2,10-14-8-9-14)11-16(21)22-12-15-6-4-3-5-7-15/h3-7,14H,8-12H2,1-2H3. The zero-order chi connectivity index (χ0) is 16.3. The smallest absolute Gasteiger partial charge is 0.307 e. The minimum Gasteiger partial charge on any atom is -0.461 e. The van der Waals surface area contributed by atoms with E-state index >= 15 is 0 Å². The Bertz CT molecular complexity index is 664. The van der Waals surface area contributed by atoms with Crippen LogP contribution in [-0.2, 0) is 21.6 Å². The second kappa shape index (κ2) is 6.52. The molecule has 1 aliphatic carbocycles. The summed E-state index contributed by atoms with van der Waals surface area (Å²) in [7, 11) is 0. The number of nitrogens with zero attached hydrogens (tertiary/aromatic N) is 2. The fourth-order valence-electron chi connectivity index (χ4n) is 2.85. The van der Waals surface area contributed by atoms with Crippen LogP contribution >= 0.6 is 0 Å². The minimum absolute atomic E-state index is 0.223. The van der Waals surface area contributed by atoms with E-state index in [-0.39, 0.29) is 12.4 Å². The largest absolute Gasteiger partial charge is 0.461 e. The van der Waals surface area contributed by atoms with Gasteiger partial charge in [-0.3, -0.25) is 4.79 Å². The summed E-state index contributed by atoms with van der Waals surface area (Å²) in [6, 6.07) is 9.69. The van der Waals surface area contributed by atoms with Crippen LogP contribution in [0.25, 0.3) is 0 Å². The summed E-state index contributed by atoms with van der Waals surface area (Å²) in [5, 5.41) is 4.05. The van der Waals surface area contributed by atoms with Crippen molar-refractivity contribution in [1.82, 2.24) is 10.1 Å². The van der Waals surface area contributed by atoms with Crippen LogP contribution in [0.4, 0.5) is 0 Å². The summed E-state index contributed by atoms with van der Waals surface area (Å²) in [5.74, 6) is 1.57. The predicted octanol–water partition coefficient (Wildman–Crippen LogP) is 3.57. The topological polar surface area (TPSA) is 65.2 Å². The maximum atomic E-state index is 12.3. The fourth-order valence-corrected chi connectivity index (χ4v) is 2.85. The van der Waals surface area contributed by atoms with Gasteiger partial charge in [0.1, 0.15) is 6.61 Å². The lowest BCUT2D eigenvalue weighted by atomic mass is 9.80. The molecule has 0 saturated heterocycles. The zero-order valence-electron chi connectivity index (χ0n) is 13.6. The Morgan fingerprint density at radius 1 is 1.35 bits per heavy atom. The average molecular weight is 314 g/mol. The first kappa shape index (κ1) is 15.7. The lowest BCUT2D eigenvalue weighted by Gasteiger charge is -2.25. The number of carbonyl (C=O) groups excluding carboxylic acids is 1. The number of rotatable bonds is 7. The van der Waals surface area contributed by atoms with Crippen LogP contribution in [-0.4, -0.2) is 16.1 Å². The van der Waals surface area contributed by atoms with E-state index in [4.69, 9.17) is 9.26 Å². The van der Waals surface area contributed by atoms with E-state index in [2.05, 4.69) is 10.1 Å². The van der Waals surface area contributed by atoms with Gasteiger partial charge in [-0.25, -0.2) is 0 Å². The first-order valence-electron chi connectivity index (χ1n) is 8.05. The molecule has 1 aliphatic rings. The van der Waals surface area contributed by atoms with E-state index in [0.29, 0.717) is 24.2 Å². The number of aryl methyl sites for hydroxylation is 1. The summed E-state index contributed by atoms with van der Waals surface area (Å²) in [4.78, 5) is 16.7. The monoisotopic (exact) mass is 314 g/mol. The molecule has 3 rings (SSSR count). The van der Waals surface area contributed by atoms with E-state index in [0.717, 1.165) is 12.0 Å². The highest BCUT2D eigenvalue weighted by Crippen LogP contribution is 2.43. The van der Waals surface area contributed by atoms with Gasteiger partial charge in [0.25, 0.3) is 0 Å². The highest BCUT2D eigenvalue weighted by molar-refractivity contribution is 5.71. The van der Waals surface area contributed by atoms with Gasteiger partial charge in [-0.15, -0.1) is 0 Å². The van der Waals surface area contributed by atoms with Gasteiger partial charge < -0.3 is 9.26 Å². The molecule has 0 amide bonds. The van der Waals surface area contributed by atoms with E-state index in [1.165, 1.54) is 12.8 Å². The van der Waals surface area contributed by atoms with Crippen LogP contribution in [0.2, 0.25) is 0 Å². The van der Waals surface area contributed by atoms with Gasteiger partial charge in [-0.1, -0.05) is 55.3 Å². The van der Waals surface area contributed by atoms with Crippen molar-refractivity contribution in [1.29, 1.82) is 0 Å². The SMILES string of the molecule is Cc1nc(C(C)(CC(=O)OCc2ccccc2)CC2CC2)no1. The zero-order valence-corrected chi connectivity index (χ0v) is 13.6. The van der Waals surface area contributed by atoms with Gasteiger partial charge in [-0.2, -0.15) is 4.98 Å².